The van der Waals surface area contributed by atoms with E-state index in [1.54, 1.807) is 0 Å². The zero-order chi connectivity index (χ0) is 10.4. The molecule has 78 valence electrons. The number of carbonyl (C=O) groups is 1. The first kappa shape index (κ1) is 12.4. The number of rotatable bonds is 5. The van der Waals surface area contributed by atoms with Crippen molar-refractivity contribution in [3.8, 4) is 0 Å². The first-order valence-electron chi connectivity index (χ1n) is 4.93. The highest BCUT2D eigenvalue weighted by Crippen LogP contribution is 2.08. The summed E-state index contributed by atoms with van der Waals surface area (Å²) in [5.74, 6) is 0.260. The Morgan fingerprint density at radius 1 is 1.38 bits per heavy atom. The van der Waals surface area contributed by atoms with Gasteiger partial charge in [0.15, 0.2) is 0 Å². The van der Waals surface area contributed by atoms with Crippen molar-refractivity contribution in [2.75, 3.05) is 0 Å². The zero-order valence-corrected chi connectivity index (χ0v) is 9.04. The monoisotopic (exact) mass is 187 g/mol. The number of ether oxygens (including phenoxy) is 1. The Hall–Kier alpha value is -0.570. The Morgan fingerprint density at radius 3 is 2.31 bits per heavy atom. The van der Waals surface area contributed by atoms with Crippen LogP contribution in [0.5, 0.6) is 0 Å². The molecule has 0 saturated carbocycles. The second-order valence-electron chi connectivity index (χ2n) is 3.89. The molecule has 3 heteroatoms. The van der Waals surface area contributed by atoms with Crippen LogP contribution in [0.1, 0.15) is 40.5 Å². The quantitative estimate of drug-likeness (QED) is 0.666. The van der Waals surface area contributed by atoms with Crippen LogP contribution in [0.2, 0.25) is 0 Å². The summed E-state index contributed by atoms with van der Waals surface area (Å²) in [7, 11) is 0. The largest absolute Gasteiger partial charge is 0.462 e. The molecule has 0 spiro atoms. The van der Waals surface area contributed by atoms with Crippen molar-refractivity contribution in [3.05, 3.63) is 0 Å². The van der Waals surface area contributed by atoms with Crippen LogP contribution in [0, 0.1) is 5.92 Å². The summed E-state index contributed by atoms with van der Waals surface area (Å²) in [6.45, 7) is 7.98. The second kappa shape index (κ2) is 5.97. The molecule has 0 bridgehead atoms. The summed E-state index contributed by atoms with van der Waals surface area (Å²) >= 11 is 0. The summed E-state index contributed by atoms with van der Waals surface area (Å²) in [5, 5.41) is 0. The molecule has 2 unspecified atom stereocenters. The average Bonchev–Trinajstić information content (AvgIpc) is 2.01. The number of hydrogen-bond acceptors (Lipinski definition) is 3. The lowest BCUT2D eigenvalue weighted by molar-refractivity contribution is -0.150. The molecule has 0 aliphatic heterocycles. The second-order valence-corrected chi connectivity index (χ2v) is 3.89. The average molecular weight is 187 g/mol. The predicted octanol–water partition coefficient (Wildman–Crippen LogP) is 1.70. The van der Waals surface area contributed by atoms with Crippen molar-refractivity contribution in [3.63, 3.8) is 0 Å². The topological polar surface area (TPSA) is 52.3 Å². The van der Waals surface area contributed by atoms with Crippen molar-refractivity contribution < 1.29 is 9.53 Å². The molecule has 3 nitrogen and oxygen atoms in total. The van der Waals surface area contributed by atoms with E-state index in [0.29, 0.717) is 12.3 Å². The minimum Gasteiger partial charge on any atom is -0.462 e. The molecule has 0 saturated heterocycles. The van der Waals surface area contributed by atoms with Crippen LogP contribution in [0.4, 0.5) is 0 Å². The minimum atomic E-state index is -0.463. The van der Waals surface area contributed by atoms with E-state index in [4.69, 9.17) is 10.5 Å². The van der Waals surface area contributed by atoms with Gasteiger partial charge in [-0.2, -0.15) is 0 Å². The summed E-state index contributed by atoms with van der Waals surface area (Å²) < 4.78 is 5.15. The van der Waals surface area contributed by atoms with Crippen LogP contribution in [0.3, 0.4) is 0 Å². The molecule has 2 atom stereocenters. The summed E-state index contributed by atoms with van der Waals surface area (Å²) in [6.07, 6.45) is 1.50. The van der Waals surface area contributed by atoms with Gasteiger partial charge in [-0.15, -0.1) is 0 Å². The van der Waals surface area contributed by atoms with Gasteiger partial charge in [0.05, 0.1) is 6.10 Å². The van der Waals surface area contributed by atoms with Gasteiger partial charge < -0.3 is 10.5 Å². The van der Waals surface area contributed by atoms with E-state index in [2.05, 4.69) is 13.8 Å². The van der Waals surface area contributed by atoms with E-state index < -0.39 is 6.04 Å². The number of carbonyl (C=O) groups excluding carboxylic acids is 1. The SMILES string of the molecule is CCC(N)C(=O)OC(C)CC(C)C. The van der Waals surface area contributed by atoms with E-state index in [-0.39, 0.29) is 12.1 Å². The first-order valence-corrected chi connectivity index (χ1v) is 4.93. The summed E-state index contributed by atoms with van der Waals surface area (Å²) in [4.78, 5) is 11.2. The molecule has 2 N–H and O–H groups in total. The maximum atomic E-state index is 11.2. The van der Waals surface area contributed by atoms with E-state index in [1.807, 2.05) is 13.8 Å². The Labute approximate surface area is 80.6 Å². The smallest absolute Gasteiger partial charge is 0.323 e. The highest BCUT2D eigenvalue weighted by molar-refractivity contribution is 5.75. The zero-order valence-electron chi connectivity index (χ0n) is 9.04. The third-order valence-corrected chi connectivity index (χ3v) is 1.86. The van der Waals surface area contributed by atoms with Crippen LogP contribution in [-0.2, 0) is 9.53 Å². The highest BCUT2D eigenvalue weighted by atomic mass is 16.5. The number of hydrogen-bond donors (Lipinski definition) is 1. The molecule has 0 fully saturated rings. The fourth-order valence-electron chi connectivity index (χ4n) is 1.16. The molecule has 0 rings (SSSR count). The van der Waals surface area contributed by atoms with Gasteiger partial charge in [0.1, 0.15) is 6.04 Å². The van der Waals surface area contributed by atoms with Gasteiger partial charge in [-0.05, 0) is 25.7 Å². The Bertz CT molecular complexity index is 157. The maximum Gasteiger partial charge on any atom is 0.323 e. The fourth-order valence-corrected chi connectivity index (χ4v) is 1.16. The van der Waals surface area contributed by atoms with Crippen molar-refractivity contribution in [2.24, 2.45) is 11.7 Å². The molecular weight excluding hydrogens is 166 g/mol. The van der Waals surface area contributed by atoms with Crippen LogP contribution >= 0.6 is 0 Å². The lowest BCUT2D eigenvalue weighted by Crippen LogP contribution is -2.33. The van der Waals surface area contributed by atoms with Gasteiger partial charge >= 0.3 is 5.97 Å². The molecular formula is C10H21NO2. The summed E-state index contributed by atoms with van der Waals surface area (Å²) in [6, 6.07) is -0.463. The van der Waals surface area contributed by atoms with E-state index in [0.717, 1.165) is 6.42 Å². The molecule has 0 aliphatic rings. The van der Waals surface area contributed by atoms with Gasteiger partial charge in [0.2, 0.25) is 0 Å². The lowest BCUT2D eigenvalue weighted by Gasteiger charge is -2.17. The van der Waals surface area contributed by atoms with Gasteiger partial charge in [-0.3, -0.25) is 4.79 Å². The molecule has 13 heavy (non-hydrogen) atoms. The van der Waals surface area contributed by atoms with Crippen LogP contribution in [0.15, 0.2) is 0 Å². The maximum absolute atomic E-state index is 11.2. The van der Waals surface area contributed by atoms with Gasteiger partial charge in [-0.25, -0.2) is 0 Å². The number of nitrogens with two attached hydrogens (primary N) is 1. The fraction of sp³-hybridized carbons (Fsp3) is 0.900. The Balaban J connectivity index is 3.77. The first-order chi connectivity index (χ1) is 5.97. The van der Waals surface area contributed by atoms with Crippen LogP contribution < -0.4 is 5.73 Å². The number of esters is 1. The molecule has 0 heterocycles. The van der Waals surface area contributed by atoms with Crippen LogP contribution in [-0.4, -0.2) is 18.1 Å². The predicted molar refractivity (Wildman–Crippen MR) is 53.3 cm³/mol. The molecule has 0 radical (unpaired) electrons. The molecule has 0 amide bonds. The lowest BCUT2D eigenvalue weighted by atomic mass is 10.1. The summed E-state index contributed by atoms with van der Waals surface area (Å²) in [5.41, 5.74) is 5.52. The normalized spacial score (nSPS) is 15.5. The van der Waals surface area contributed by atoms with Crippen molar-refractivity contribution in [1.29, 1.82) is 0 Å². The minimum absolute atomic E-state index is 0.0231. The van der Waals surface area contributed by atoms with E-state index in [1.165, 1.54) is 0 Å². The van der Waals surface area contributed by atoms with Crippen molar-refractivity contribution in [1.82, 2.24) is 0 Å². The Morgan fingerprint density at radius 2 is 1.92 bits per heavy atom. The van der Waals surface area contributed by atoms with Gasteiger partial charge in [0.25, 0.3) is 0 Å². The molecule has 0 aromatic rings. The third-order valence-electron chi connectivity index (χ3n) is 1.86. The van der Waals surface area contributed by atoms with Crippen molar-refractivity contribution in [2.45, 2.75) is 52.7 Å². The molecule has 0 aromatic heterocycles. The Kier molecular flexibility index (Phi) is 5.71. The van der Waals surface area contributed by atoms with Gasteiger partial charge in [-0.1, -0.05) is 20.8 Å². The standard InChI is InChI=1S/C10H21NO2/c1-5-9(11)10(12)13-8(4)6-7(2)3/h7-9H,5-6,11H2,1-4H3. The third kappa shape index (κ3) is 5.64. The van der Waals surface area contributed by atoms with Gasteiger partial charge in [0, 0.05) is 0 Å². The van der Waals surface area contributed by atoms with E-state index >= 15 is 0 Å². The van der Waals surface area contributed by atoms with Crippen LogP contribution in [0.25, 0.3) is 0 Å². The molecule has 0 aliphatic carbocycles. The molecule has 0 aromatic carbocycles. The van der Waals surface area contributed by atoms with Crippen molar-refractivity contribution >= 4 is 5.97 Å². The van der Waals surface area contributed by atoms with E-state index in [9.17, 15) is 4.79 Å². The highest BCUT2D eigenvalue weighted by Gasteiger charge is 2.16.